The van der Waals surface area contributed by atoms with Crippen LogP contribution >= 0.6 is 0 Å². The Kier molecular flexibility index (Phi) is 3.30. The molecule has 0 fully saturated rings. The van der Waals surface area contributed by atoms with Crippen molar-refractivity contribution in [3.05, 3.63) is 18.2 Å². The molecule has 1 atom stereocenters. The second-order valence-corrected chi connectivity index (χ2v) is 4.36. The first kappa shape index (κ1) is 13.5. The van der Waals surface area contributed by atoms with Crippen LogP contribution in [0.5, 0.6) is 5.75 Å². The molecule has 0 aliphatic carbocycles. The molecule has 0 aliphatic heterocycles. The van der Waals surface area contributed by atoms with E-state index in [0.29, 0.717) is 16.8 Å². The molecule has 2 N–H and O–H groups in total. The number of nitrogens with two attached hydrogens (primary N) is 1. The van der Waals surface area contributed by atoms with Crippen molar-refractivity contribution in [2.75, 3.05) is 12.8 Å². The van der Waals surface area contributed by atoms with Crippen LogP contribution in [0.15, 0.2) is 18.2 Å². The predicted octanol–water partition coefficient (Wildman–Crippen LogP) is 3.14. The zero-order chi connectivity index (χ0) is 14.2. The minimum absolute atomic E-state index is 0.0694. The van der Waals surface area contributed by atoms with E-state index in [1.54, 1.807) is 18.2 Å². The second-order valence-electron chi connectivity index (χ2n) is 4.36. The molecule has 0 amide bonds. The molecule has 104 valence electrons. The molecule has 2 rings (SSSR count). The molecule has 0 bridgehead atoms. The predicted molar refractivity (Wildman–Crippen MR) is 66.1 cm³/mol. The Morgan fingerprint density at radius 3 is 2.68 bits per heavy atom. The lowest BCUT2D eigenvalue weighted by Crippen LogP contribution is -2.17. The number of fused-ring (bicyclic) bond motifs is 1. The summed E-state index contributed by atoms with van der Waals surface area (Å²) < 4.78 is 43.9. The van der Waals surface area contributed by atoms with Gasteiger partial charge >= 0.3 is 6.18 Å². The highest BCUT2D eigenvalue weighted by molar-refractivity contribution is 5.80. The van der Waals surface area contributed by atoms with E-state index in [4.69, 9.17) is 10.5 Å². The number of nitrogens with zero attached hydrogens (tertiary/aromatic N) is 2. The number of methoxy groups -OCH3 is 1. The number of hydrogen-bond donors (Lipinski definition) is 1. The van der Waals surface area contributed by atoms with Gasteiger partial charge < -0.3 is 15.0 Å². The molecule has 19 heavy (non-hydrogen) atoms. The number of anilines is 1. The van der Waals surface area contributed by atoms with Crippen molar-refractivity contribution < 1.29 is 17.9 Å². The number of aromatic nitrogens is 2. The van der Waals surface area contributed by atoms with Gasteiger partial charge in [0.05, 0.1) is 24.6 Å². The van der Waals surface area contributed by atoms with Gasteiger partial charge in [0.25, 0.3) is 0 Å². The van der Waals surface area contributed by atoms with Crippen LogP contribution in [0.2, 0.25) is 0 Å². The van der Waals surface area contributed by atoms with E-state index in [2.05, 4.69) is 4.98 Å². The first-order valence-electron chi connectivity index (χ1n) is 5.70. The van der Waals surface area contributed by atoms with Crippen molar-refractivity contribution in [3.8, 4) is 5.75 Å². The Morgan fingerprint density at radius 2 is 2.11 bits per heavy atom. The smallest absolute Gasteiger partial charge is 0.391 e. The largest absolute Gasteiger partial charge is 0.497 e. The standard InChI is InChI=1S/C12H14F3N3O/c1-7(6-12(13,14)15)18-10-5-8(19-2)3-4-9(10)17-11(18)16/h3-5,7H,6H2,1-2H3,(H2,16,17). The SMILES string of the molecule is COc1ccc2nc(N)n(C(C)CC(F)(F)F)c2c1. The van der Waals surface area contributed by atoms with Crippen molar-refractivity contribution in [2.45, 2.75) is 25.6 Å². The Morgan fingerprint density at radius 1 is 1.42 bits per heavy atom. The number of hydrogen-bond acceptors (Lipinski definition) is 3. The van der Waals surface area contributed by atoms with Gasteiger partial charge in [0.2, 0.25) is 5.95 Å². The van der Waals surface area contributed by atoms with Crippen molar-refractivity contribution in [1.29, 1.82) is 0 Å². The topological polar surface area (TPSA) is 53.1 Å². The zero-order valence-electron chi connectivity index (χ0n) is 10.5. The Balaban J connectivity index is 2.49. The summed E-state index contributed by atoms with van der Waals surface area (Å²) in [5.41, 5.74) is 6.79. The average molecular weight is 273 g/mol. The quantitative estimate of drug-likeness (QED) is 0.934. The van der Waals surface area contributed by atoms with Gasteiger partial charge in [0, 0.05) is 12.1 Å². The van der Waals surface area contributed by atoms with Gasteiger partial charge in [0.1, 0.15) is 5.75 Å². The van der Waals surface area contributed by atoms with Gasteiger partial charge in [-0.3, -0.25) is 0 Å². The highest BCUT2D eigenvalue weighted by atomic mass is 19.4. The number of alkyl halides is 3. The fraction of sp³-hybridized carbons (Fsp3) is 0.417. The van der Waals surface area contributed by atoms with E-state index in [1.807, 2.05) is 0 Å². The van der Waals surface area contributed by atoms with Gasteiger partial charge in [-0.05, 0) is 19.1 Å². The lowest BCUT2D eigenvalue weighted by molar-refractivity contribution is -0.141. The van der Waals surface area contributed by atoms with Crippen LogP contribution in [-0.2, 0) is 0 Å². The molecule has 0 aliphatic rings. The number of halogens is 3. The molecule has 7 heteroatoms. The number of nitrogen functional groups attached to an aromatic ring is 1. The van der Waals surface area contributed by atoms with Crippen molar-refractivity contribution in [2.24, 2.45) is 0 Å². The maximum atomic E-state index is 12.5. The highest BCUT2D eigenvalue weighted by Crippen LogP contribution is 2.32. The molecule has 0 spiro atoms. The summed E-state index contributed by atoms with van der Waals surface area (Å²) in [4.78, 5) is 4.06. The Labute approximate surface area is 108 Å². The maximum Gasteiger partial charge on any atom is 0.391 e. The summed E-state index contributed by atoms with van der Waals surface area (Å²) in [5, 5.41) is 0. The number of rotatable bonds is 3. The van der Waals surface area contributed by atoms with E-state index in [1.165, 1.54) is 18.6 Å². The molecule has 1 unspecified atom stereocenters. The molecule has 1 aromatic carbocycles. The van der Waals surface area contributed by atoms with Gasteiger partial charge in [-0.15, -0.1) is 0 Å². The van der Waals surface area contributed by atoms with Crippen molar-refractivity contribution in [1.82, 2.24) is 9.55 Å². The van der Waals surface area contributed by atoms with Gasteiger partial charge in [0.15, 0.2) is 0 Å². The Bertz CT molecular complexity index is 592. The number of benzene rings is 1. The summed E-state index contributed by atoms with van der Waals surface area (Å²) in [6, 6.07) is 4.16. The van der Waals surface area contributed by atoms with Gasteiger partial charge in [-0.25, -0.2) is 4.98 Å². The van der Waals surface area contributed by atoms with Crippen molar-refractivity contribution in [3.63, 3.8) is 0 Å². The van der Waals surface area contributed by atoms with Gasteiger partial charge in [-0.1, -0.05) is 0 Å². The van der Waals surface area contributed by atoms with Crippen molar-refractivity contribution >= 4 is 17.0 Å². The fourth-order valence-corrected chi connectivity index (χ4v) is 2.11. The Hall–Kier alpha value is -1.92. The minimum Gasteiger partial charge on any atom is -0.497 e. The van der Waals surface area contributed by atoms with Crippen LogP contribution in [0.3, 0.4) is 0 Å². The second kappa shape index (κ2) is 4.64. The first-order chi connectivity index (χ1) is 8.81. The van der Waals surface area contributed by atoms with E-state index in [-0.39, 0.29) is 5.95 Å². The molecule has 1 heterocycles. The van der Waals surface area contributed by atoms with Crippen LogP contribution in [0.25, 0.3) is 11.0 Å². The van der Waals surface area contributed by atoms with Crippen LogP contribution in [0.4, 0.5) is 19.1 Å². The third-order valence-corrected chi connectivity index (χ3v) is 2.89. The molecular weight excluding hydrogens is 259 g/mol. The highest BCUT2D eigenvalue weighted by Gasteiger charge is 2.32. The van der Waals surface area contributed by atoms with E-state index in [0.717, 1.165) is 0 Å². The average Bonchev–Trinajstić information content (AvgIpc) is 2.61. The molecular formula is C12H14F3N3O. The summed E-state index contributed by atoms with van der Waals surface area (Å²) in [7, 11) is 1.49. The number of imidazole rings is 1. The lowest BCUT2D eigenvalue weighted by Gasteiger charge is -2.17. The minimum atomic E-state index is -4.25. The summed E-state index contributed by atoms with van der Waals surface area (Å²) in [5.74, 6) is 0.618. The maximum absolute atomic E-state index is 12.5. The van der Waals surface area contributed by atoms with Gasteiger partial charge in [-0.2, -0.15) is 13.2 Å². The monoisotopic (exact) mass is 273 g/mol. The first-order valence-corrected chi connectivity index (χ1v) is 5.70. The molecule has 1 aromatic heterocycles. The molecule has 0 saturated heterocycles. The summed E-state index contributed by atoms with van der Waals surface area (Å²) in [6.45, 7) is 1.46. The zero-order valence-corrected chi connectivity index (χ0v) is 10.5. The third kappa shape index (κ3) is 2.74. The van der Waals surface area contributed by atoms with Crippen LogP contribution in [0.1, 0.15) is 19.4 Å². The van der Waals surface area contributed by atoms with Crippen LogP contribution < -0.4 is 10.5 Å². The summed E-state index contributed by atoms with van der Waals surface area (Å²) >= 11 is 0. The van der Waals surface area contributed by atoms with Crippen LogP contribution in [-0.4, -0.2) is 22.8 Å². The number of ether oxygens (including phenoxy) is 1. The molecule has 0 saturated carbocycles. The molecule has 4 nitrogen and oxygen atoms in total. The van der Waals surface area contributed by atoms with E-state index >= 15 is 0 Å². The normalized spacial score (nSPS) is 13.7. The summed E-state index contributed by atoms with van der Waals surface area (Å²) in [6.07, 6.45) is -5.21. The molecule has 0 radical (unpaired) electrons. The lowest BCUT2D eigenvalue weighted by atomic mass is 10.2. The van der Waals surface area contributed by atoms with E-state index in [9.17, 15) is 13.2 Å². The molecule has 2 aromatic rings. The fourth-order valence-electron chi connectivity index (χ4n) is 2.11. The third-order valence-electron chi connectivity index (χ3n) is 2.89. The van der Waals surface area contributed by atoms with E-state index < -0.39 is 18.6 Å². The van der Waals surface area contributed by atoms with Crippen LogP contribution in [0, 0.1) is 0 Å².